The molecule has 0 N–H and O–H groups in total. The van der Waals surface area contributed by atoms with Crippen LogP contribution in [-0.2, 0) is 5.41 Å². The fourth-order valence-electron chi connectivity index (χ4n) is 12.9. The van der Waals surface area contributed by atoms with Gasteiger partial charge in [-0.05, 0) is 144 Å². The summed E-state index contributed by atoms with van der Waals surface area (Å²) in [7, 11) is 0. The van der Waals surface area contributed by atoms with E-state index in [1.54, 1.807) is 5.56 Å². The van der Waals surface area contributed by atoms with Gasteiger partial charge in [-0.2, -0.15) is 0 Å². The van der Waals surface area contributed by atoms with Crippen LogP contribution in [0.25, 0.3) is 21.9 Å². The molecule has 256 valence electrons. The number of allylic oxidation sites excluding steroid dienone is 8. The number of fused-ring (bicyclic) bond motifs is 9. The quantitative estimate of drug-likeness (QED) is 0.180. The van der Waals surface area contributed by atoms with Crippen molar-refractivity contribution in [2.24, 2.45) is 29.1 Å². The molecule has 0 radical (unpaired) electrons. The normalized spacial score (nSPS) is 30.6. The number of anilines is 5. The lowest BCUT2D eigenvalue weighted by Crippen LogP contribution is -2.59. The van der Waals surface area contributed by atoms with Crippen LogP contribution in [0.1, 0.15) is 49.1 Å². The summed E-state index contributed by atoms with van der Waals surface area (Å²) in [5.41, 5.74) is 14.6. The zero-order valence-electron chi connectivity index (χ0n) is 29.7. The second-order valence-corrected chi connectivity index (χ2v) is 17.1. The van der Waals surface area contributed by atoms with Crippen LogP contribution in [0.5, 0.6) is 0 Å². The standard InChI is InChI=1S/C50H40N2O/c1-2-9-36(10-3-1)51(37-17-15-32(16-18-37)49-28-34-24-33-25-35(29-49)50(33,34)30-49)39-19-21-42-45(27-39)52(44-22-14-31-8-4-5-11-40(31)48(42)44)38-20-23-47-43(26-38)41-12-6-7-13-46(41)53-47/h1-23,26-27,33-35,40,48H,24-25,28-30H2. The van der Waals surface area contributed by atoms with E-state index in [0.29, 0.717) is 11.3 Å². The molecule has 7 aliphatic rings. The minimum atomic E-state index is 0.239. The Kier molecular flexibility index (Phi) is 5.53. The Morgan fingerprint density at radius 1 is 0.660 bits per heavy atom. The monoisotopic (exact) mass is 684 g/mol. The summed E-state index contributed by atoms with van der Waals surface area (Å²) >= 11 is 0. The molecule has 3 nitrogen and oxygen atoms in total. The highest BCUT2D eigenvalue weighted by Gasteiger charge is 2.77. The Labute approximate surface area is 310 Å². The summed E-state index contributed by atoms with van der Waals surface area (Å²) in [5.74, 6) is 3.57. The van der Waals surface area contributed by atoms with Crippen molar-refractivity contribution in [3.05, 3.63) is 174 Å². The van der Waals surface area contributed by atoms with Crippen molar-refractivity contribution >= 4 is 50.4 Å². The van der Waals surface area contributed by atoms with Crippen LogP contribution in [0.15, 0.2) is 167 Å². The van der Waals surface area contributed by atoms with Gasteiger partial charge in [-0.25, -0.2) is 0 Å². The van der Waals surface area contributed by atoms with Gasteiger partial charge in [0.1, 0.15) is 11.2 Å². The van der Waals surface area contributed by atoms with Crippen LogP contribution in [0.2, 0.25) is 0 Å². The van der Waals surface area contributed by atoms with Crippen LogP contribution >= 0.6 is 0 Å². The summed E-state index contributed by atoms with van der Waals surface area (Å²) in [6, 6.07) is 43.0. The third kappa shape index (κ3) is 3.70. The van der Waals surface area contributed by atoms with Crippen molar-refractivity contribution in [2.45, 2.75) is 43.4 Å². The Morgan fingerprint density at radius 3 is 2.26 bits per heavy atom. The summed E-state index contributed by atoms with van der Waals surface area (Å²) in [5, 5.41) is 2.31. The molecule has 2 heterocycles. The van der Waals surface area contributed by atoms with Crippen LogP contribution in [-0.4, -0.2) is 0 Å². The topological polar surface area (TPSA) is 19.6 Å². The first-order valence-electron chi connectivity index (χ1n) is 19.7. The zero-order valence-corrected chi connectivity index (χ0v) is 29.7. The minimum Gasteiger partial charge on any atom is -0.456 e. The highest BCUT2D eigenvalue weighted by Crippen LogP contribution is 2.84. The Bertz CT molecular complexity index is 2640. The van der Waals surface area contributed by atoms with Gasteiger partial charge in [0.15, 0.2) is 0 Å². The van der Waals surface area contributed by atoms with E-state index in [1.165, 1.54) is 71.7 Å². The average Bonchev–Trinajstić information content (AvgIpc) is 3.92. The van der Waals surface area contributed by atoms with Gasteiger partial charge in [-0.1, -0.05) is 85.0 Å². The maximum atomic E-state index is 6.28. The number of para-hydroxylation sites is 2. The van der Waals surface area contributed by atoms with Gasteiger partial charge >= 0.3 is 0 Å². The third-order valence-corrected chi connectivity index (χ3v) is 15.0. The van der Waals surface area contributed by atoms with Crippen LogP contribution in [0, 0.1) is 29.1 Å². The molecule has 4 fully saturated rings. The Balaban J connectivity index is 0.950. The predicted octanol–water partition coefficient (Wildman–Crippen LogP) is 12.9. The average molecular weight is 685 g/mol. The van der Waals surface area contributed by atoms with Crippen molar-refractivity contribution in [1.82, 2.24) is 0 Å². The lowest BCUT2D eigenvalue weighted by Gasteiger charge is -2.66. The van der Waals surface area contributed by atoms with Crippen molar-refractivity contribution in [1.29, 1.82) is 0 Å². The first-order chi connectivity index (χ1) is 26.2. The lowest BCUT2D eigenvalue weighted by molar-refractivity contribution is -0.175. The molecule has 3 heteroatoms. The molecule has 2 bridgehead atoms. The molecule has 1 aliphatic heterocycles. The van der Waals surface area contributed by atoms with Crippen molar-refractivity contribution in [3.63, 3.8) is 0 Å². The first-order valence-corrected chi connectivity index (χ1v) is 19.7. The van der Waals surface area contributed by atoms with Gasteiger partial charge < -0.3 is 14.2 Å². The molecule has 5 aromatic carbocycles. The molecule has 13 rings (SSSR count). The summed E-state index contributed by atoms with van der Waals surface area (Å²) in [6.45, 7) is 0. The predicted molar refractivity (Wildman–Crippen MR) is 215 cm³/mol. The molecule has 4 atom stereocenters. The lowest BCUT2D eigenvalue weighted by atomic mass is 9.38. The second-order valence-electron chi connectivity index (χ2n) is 17.1. The molecule has 4 saturated carbocycles. The van der Waals surface area contributed by atoms with Gasteiger partial charge in [-0.3, -0.25) is 0 Å². The van der Waals surface area contributed by atoms with E-state index in [4.69, 9.17) is 4.42 Å². The fraction of sp³-hybridized carbons (Fsp3) is 0.240. The highest BCUT2D eigenvalue weighted by molar-refractivity contribution is 6.06. The first kappa shape index (κ1) is 29.0. The Morgan fingerprint density at radius 2 is 1.43 bits per heavy atom. The number of furan rings is 1. The maximum Gasteiger partial charge on any atom is 0.135 e. The maximum absolute atomic E-state index is 6.28. The number of nitrogens with zero attached hydrogens (tertiary/aromatic N) is 2. The molecule has 1 aromatic heterocycles. The van der Waals surface area contributed by atoms with Crippen molar-refractivity contribution in [2.75, 3.05) is 9.80 Å². The van der Waals surface area contributed by atoms with E-state index in [9.17, 15) is 0 Å². The number of rotatable bonds is 5. The molecule has 1 spiro atoms. The van der Waals surface area contributed by atoms with Gasteiger partial charge in [0, 0.05) is 51.1 Å². The summed E-state index contributed by atoms with van der Waals surface area (Å²) < 4.78 is 6.28. The molecule has 6 aromatic rings. The summed E-state index contributed by atoms with van der Waals surface area (Å²) in [4.78, 5) is 4.98. The molecular weight excluding hydrogens is 645 g/mol. The van der Waals surface area contributed by atoms with Gasteiger partial charge in [0.2, 0.25) is 0 Å². The van der Waals surface area contributed by atoms with Crippen LogP contribution < -0.4 is 9.80 Å². The summed E-state index contributed by atoms with van der Waals surface area (Å²) in [6.07, 6.45) is 21.0. The van der Waals surface area contributed by atoms with E-state index >= 15 is 0 Å². The van der Waals surface area contributed by atoms with E-state index < -0.39 is 0 Å². The van der Waals surface area contributed by atoms with E-state index in [-0.39, 0.29) is 5.92 Å². The zero-order chi connectivity index (χ0) is 34.5. The van der Waals surface area contributed by atoms with E-state index in [1.807, 2.05) is 6.07 Å². The van der Waals surface area contributed by atoms with Gasteiger partial charge in [0.25, 0.3) is 0 Å². The highest BCUT2D eigenvalue weighted by atomic mass is 16.3. The van der Waals surface area contributed by atoms with E-state index in [0.717, 1.165) is 50.8 Å². The van der Waals surface area contributed by atoms with Gasteiger partial charge in [0.05, 0.1) is 5.69 Å². The third-order valence-electron chi connectivity index (χ3n) is 15.0. The molecule has 0 amide bonds. The van der Waals surface area contributed by atoms with Gasteiger partial charge in [-0.15, -0.1) is 0 Å². The van der Waals surface area contributed by atoms with Crippen LogP contribution in [0.4, 0.5) is 28.4 Å². The number of hydrogen-bond acceptors (Lipinski definition) is 3. The molecule has 4 unspecified atom stereocenters. The second kappa shape index (κ2) is 10.1. The van der Waals surface area contributed by atoms with Crippen molar-refractivity contribution < 1.29 is 4.42 Å². The smallest absolute Gasteiger partial charge is 0.135 e. The number of benzene rings is 5. The minimum absolute atomic E-state index is 0.239. The van der Waals surface area contributed by atoms with E-state index in [2.05, 4.69) is 155 Å². The van der Waals surface area contributed by atoms with Crippen molar-refractivity contribution in [3.8, 4) is 0 Å². The SMILES string of the molecule is C1=CC2=CC=C3C(c4ccc(N(c5ccccc5)c5ccc(C67CC8CC9CC(C6)C98C7)cc5)cc4N3c3ccc4oc5ccccc5c4c3)C2C=C1. The molecule has 0 saturated heterocycles. The molecule has 6 aliphatic carbocycles. The Hall–Kier alpha value is -5.54. The molecule has 53 heavy (non-hydrogen) atoms. The fourth-order valence-corrected chi connectivity index (χ4v) is 12.9. The number of hydrogen-bond donors (Lipinski definition) is 0. The van der Waals surface area contributed by atoms with Crippen LogP contribution in [0.3, 0.4) is 0 Å². The molecular formula is C50H40N2O. The largest absolute Gasteiger partial charge is 0.456 e.